The molecule has 1 fully saturated rings. The van der Waals surface area contributed by atoms with Gasteiger partial charge in [0.2, 0.25) is 10.0 Å². The standard InChI is InChI=1S/C14H20FN3O3S/c1-22(20,21)18-7-5-11(6-8-18)10-16-14(19)17-13-4-2-3-12(15)9-13/h2-4,9,11H,5-8,10H2,1H3,(H2,16,17,19). The molecule has 0 radical (unpaired) electrons. The van der Waals surface area contributed by atoms with Gasteiger partial charge in [0.25, 0.3) is 0 Å². The van der Waals surface area contributed by atoms with Gasteiger partial charge in [0.05, 0.1) is 6.26 Å². The number of hydrogen-bond donors (Lipinski definition) is 2. The van der Waals surface area contributed by atoms with Crippen LogP contribution in [0, 0.1) is 11.7 Å². The molecule has 2 rings (SSSR count). The average Bonchev–Trinajstić information content (AvgIpc) is 2.45. The molecule has 0 aromatic heterocycles. The van der Waals surface area contributed by atoms with Crippen LogP contribution < -0.4 is 10.6 Å². The van der Waals surface area contributed by atoms with E-state index in [1.165, 1.54) is 28.8 Å². The van der Waals surface area contributed by atoms with E-state index >= 15 is 0 Å². The molecule has 1 aromatic rings. The molecule has 0 aliphatic carbocycles. The van der Waals surface area contributed by atoms with Crippen LogP contribution in [0.4, 0.5) is 14.9 Å². The zero-order valence-corrected chi connectivity index (χ0v) is 13.2. The quantitative estimate of drug-likeness (QED) is 0.881. The molecule has 1 heterocycles. The van der Waals surface area contributed by atoms with E-state index in [4.69, 9.17) is 0 Å². The number of hydrogen-bond acceptors (Lipinski definition) is 3. The molecule has 0 unspecified atom stereocenters. The first kappa shape index (κ1) is 16.7. The van der Waals surface area contributed by atoms with Crippen LogP contribution in [0.5, 0.6) is 0 Å². The Morgan fingerprint density at radius 1 is 1.36 bits per heavy atom. The van der Waals surface area contributed by atoms with Crippen molar-refractivity contribution in [2.24, 2.45) is 5.92 Å². The van der Waals surface area contributed by atoms with Gasteiger partial charge in [-0.25, -0.2) is 21.9 Å². The van der Waals surface area contributed by atoms with Crippen LogP contribution in [0.15, 0.2) is 24.3 Å². The third kappa shape index (κ3) is 4.96. The molecule has 2 amide bonds. The summed E-state index contributed by atoms with van der Waals surface area (Å²) in [6, 6.07) is 5.28. The van der Waals surface area contributed by atoms with Gasteiger partial charge in [0.15, 0.2) is 0 Å². The Bertz CT molecular complexity index is 628. The minimum Gasteiger partial charge on any atom is -0.338 e. The number of halogens is 1. The molecule has 0 saturated carbocycles. The first-order valence-electron chi connectivity index (χ1n) is 7.10. The van der Waals surface area contributed by atoms with Gasteiger partial charge in [0.1, 0.15) is 5.82 Å². The molecule has 6 nitrogen and oxygen atoms in total. The highest BCUT2D eigenvalue weighted by atomic mass is 32.2. The molecule has 1 aromatic carbocycles. The Morgan fingerprint density at radius 2 is 2.05 bits per heavy atom. The summed E-state index contributed by atoms with van der Waals surface area (Å²) in [5.41, 5.74) is 0.393. The molecule has 0 spiro atoms. The zero-order valence-electron chi connectivity index (χ0n) is 12.4. The van der Waals surface area contributed by atoms with Gasteiger partial charge in [0, 0.05) is 25.3 Å². The van der Waals surface area contributed by atoms with Gasteiger partial charge >= 0.3 is 6.03 Å². The highest BCUT2D eigenvalue weighted by molar-refractivity contribution is 7.88. The number of rotatable bonds is 4. The highest BCUT2D eigenvalue weighted by Crippen LogP contribution is 2.18. The number of amides is 2. The van der Waals surface area contributed by atoms with Crippen molar-refractivity contribution in [2.45, 2.75) is 12.8 Å². The van der Waals surface area contributed by atoms with Crippen molar-refractivity contribution < 1.29 is 17.6 Å². The van der Waals surface area contributed by atoms with Gasteiger partial charge in [-0.1, -0.05) is 6.07 Å². The monoisotopic (exact) mass is 329 g/mol. The molecular formula is C14H20FN3O3S. The van der Waals surface area contributed by atoms with Crippen molar-refractivity contribution in [3.05, 3.63) is 30.1 Å². The van der Waals surface area contributed by atoms with Gasteiger partial charge in [-0.2, -0.15) is 0 Å². The number of sulfonamides is 1. The number of nitrogens with one attached hydrogen (secondary N) is 2. The third-order valence-corrected chi connectivity index (χ3v) is 4.98. The van der Waals surface area contributed by atoms with Crippen molar-refractivity contribution in [1.82, 2.24) is 9.62 Å². The normalized spacial score (nSPS) is 17.2. The summed E-state index contributed by atoms with van der Waals surface area (Å²) in [6.07, 6.45) is 2.64. The second kappa shape index (κ2) is 7.06. The summed E-state index contributed by atoms with van der Waals surface area (Å²) < 4.78 is 37.3. The fourth-order valence-corrected chi connectivity index (χ4v) is 3.30. The Hall–Kier alpha value is -1.67. The lowest BCUT2D eigenvalue weighted by Gasteiger charge is -2.30. The number of nitrogens with zero attached hydrogens (tertiary/aromatic N) is 1. The van der Waals surface area contributed by atoms with Crippen LogP contribution in [0.25, 0.3) is 0 Å². The molecule has 1 aliphatic heterocycles. The zero-order chi connectivity index (χ0) is 16.2. The topological polar surface area (TPSA) is 78.5 Å². The van der Waals surface area contributed by atoms with Crippen molar-refractivity contribution in [1.29, 1.82) is 0 Å². The number of benzene rings is 1. The summed E-state index contributed by atoms with van der Waals surface area (Å²) in [6.45, 7) is 1.44. The molecule has 22 heavy (non-hydrogen) atoms. The predicted molar refractivity (Wildman–Crippen MR) is 82.6 cm³/mol. The predicted octanol–water partition coefficient (Wildman–Crippen LogP) is 1.62. The number of carbonyl (C=O) groups is 1. The summed E-state index contributed by atoms with van der Waals surface area (Å²) in [7, 11) is -3.13. The van der Waals surface area contributed by atoms with Crippen LogP contribution in [0.3, 0.4) is 0 Å². The maximum absolute atomic E-state index is 13.0. The summed E-state index contributed by atoms with van der Waals surface area (Å²) in [5, 5.41) is 5.29. The Balaban J connectivity index is 1.74. The number of carbonyl (C=O) groups excluding carboxylic acids is 1. The molecule has 0 atom stereocenters. The molecule has 1 aliphatic rings. The fraction of sp³-hybridized carbons (Fsp3) is 0.500. The minimum atomic E-state index is -3.13. The van der Waals surface area contributed by atoms with Gasteiger partial charge < -0.3 is 10.6 Å². The minimum absolute atomic E-state index is 0.247. The van der Waals surface area contributed by atoms with E-state index in [1.807, 2.05) is 0 Å². The summed E-state index contributed by atoms with van der Waals surface area (Å²) in [5.74, 6) is -0.165. The second-order valence-electron chi connectivity index (χ2n) is 5.45. The Labute approximate surface area is 129 Å². The Morgan fingerprint density at radius 3 is 2.64 bits per heavy atom. The van der Waals surface area contributed by atoms with E-state index < -0.39 is 21.9 Å². The molecular weight excluding hydrogens is 309 g/mol. The van der Waals surface area contributed by atoms with Crippen LogP contribution in [0.1, 0.15) is 12.8 Å². The second-order valence-corrected chi connectivity index (χ2v) is 7.43. The van der Waals surface area contributed by atoms with E-state index in [0.717, 1.165) is 0 Å². The van der Waals surface area contributed by atoms with Gasteiger partial charge in [-0.05, 0) is 37.0 Å². The lowest BCUT2D eigenvalue weighted by atomic mass is 9.98. The fourth-order valence-electron chi connectivity index (χ4n) is 2.42. The van der Waals surface area contributed by atoms with Crippen LogP contribution >= 0.6 is 0 Å². The Kier molecular flexibility index (Phi) is 5.36. The van der Waals surface area contributed by atoms with E-state index in [0.29, 0.717) is 38.2 Å². The average molecular weight is 329 g/mol. The molecule has 1 saturated heterocycles. The first-order valence-corrected chi connectivity index (χ1v) is 8.95. The molecule has 8 heteroatoms. The van der Waals surface area contributed by atoms with Crippen LogP contribution in [-0.2, 0) is 10.0 Å². The maximum Gasteiger partial charge on any atom is 0.319 e. The SMILES string of the molecule is CS(=O)(=O)N1CCC(CNC(=O)Nc2cccc(F)c2)CC1. The summed E-state index contributed by atoms with van der Waals surface area (Å²) in [4.78, 5) is 11.7. The highest BCUT2D eigenvalue weighted by Gasteiger charge is 2.24. The largest absolute Gasteiger partial charge is 0.338 e. The molecule has 122 valence electrons. The lowest BCUT2D eigenvalue weighted by Crippen LogP contribution is -2.41. The van der Waals surface area contributed by atoms with Crippen LogP contribution in [-0.4, -0.2) is 44.6 Å². The van der Waals surface area contributed by atoms with Gasteiger partial charge in [-0.15, -0.1) is 0 Å². The summed E-state index contributed by atoms with van der Waals surface area (Å²) >= 11 is 0. The van der Waals surface area contributed by atoms with Crippen molar-refractivity contribution in [2.75, 3.05) is 31.2 Å². The van der Waals surface area contributed by atoms with E-state index in [1.54, 1.807) is 6.07 Å². The van der Waals surface area contributed by atoms with E-state index in [-0.39, 0.29) is 5.92 Å². The first-order chi connectivity index (χ1) is 10.3. The number of urea groups is 1. The van der Waals surface area contributed by atoms with E-state index in [9.17, 15) is 17.6 Å². The number of piperidine rings is 1. The van der Waals surface area contributed by atoms with Crippen LogP contribution in [0.2, 0.25) is 0 Å². The smallest absolute Gasteiger partial charge is 0.319 e. The molecule has 0 bridgehead atoms. The van der Waals surface area contributed by atoms with Crippen molar-refractivity contribution in [3.63, 3.8) is 0 Å². The lowest BCUT2D eigenvalue weighted by molar-refractivity contribution is 0.241. The number of anilines is 1. The third-order valence-electron chi connectivity index (χ3n) is 3.68. The van der Waals surface area contributed by atoms with Crippen molar-refractivity contribution in [3.8, 4) is 0 Å². The van der Waals surface area contributed by atoms with E-state index in [2.05, 4.69) is 10.6 Å². The maximum atomic E-state index is 13.0. The van der Waals surface area contributed by atoms with Gasteiger partial charge in [-0.3, -0.25) is 0 Å². The van der Waals surface area contributed by atoms with Crippen molar-refractivity contribution >= 4 is 21.7 Å². The molecule has 2 N–H and O–H groups in total.